The van der Waals surface area contributed by atoms with E-state index in [1.54, 1.807) is 13.2 Å². The molecule has 0 amide bonds. The fourth-order valence-corrected chi connectivity index (χ4v) is 1.53. The Kier molecular flexibility index (Phi) is 2.89. The fourth-order valence-electron chi connectivity index (χ4n) is 1.53. The molecule has 0 radical (unpaired) electrons. The van der Waals surface area contributed by atoms with Gasteiger partial charge in [-0.3, -0.25) is 0 Å². The minimum atomic E-state index is -1.44. The molecule has 1 N–H and O–H groups in total. The first kappa shape index (κ1) is 11.7. The molecule has 1 atom stereocenters. The molecular formula is C11H9F3N2O. The van der Waals surface area contributed by atoms with Gasteiger partial charge >= 0.3 is 0 Å². The number of hydrogen-bond donors (Lipinski definition) is 1. The van der Waals surface area contributed by atoms with Crippen molar-refractivity contribution in [2.45, 2.75) is 6.10 Å². The van der Waals surface area contributed by atoms with Crippen molar-refractivity contribution >= 4 is 0 Å². The highest BCUT2D eigenvalue weighted by molar-refractivity contribution is 5.26. The molecule has 0 aliphatic heterocycles. The number of aryl methyl sites for hydroxylation is 1. The molecule has 0 aliphatic carbocycles. The summed E-state index contributed by atoms with van der Waals surface area (Å²) in [6, 6.07) is 1.03. The summed E-state index contributed by atoms with van der Waals surface area (Å²) in [4.78, 5) is 3.82. The molecule has 0 spiro atoms. The van der Waals surface area contributed by atoms with Gasteiger partial charge in [-0.1, -0.05) is 0 Å². The zero-order valence-electron chi connectivity index (χ0n) is 8.86. The maximum absolute atomic E-state index is 13.4. The van der Waals surface area contributed by atoms with Crippen molar-refractivity contribution in [1.82, 2.24) is 9.55 Å². The lowest BCUT2D eigenvalue weighted by Gasteiger charge is -2.12. The Morgan fingerprint density at radius 3 is 2.41 bits per heavy atom. The third kappa shape index (κ3) is 2.03. The van der Waals surface area contributed by atoms with Gasteiger partial charge < -0.3 is 9.67 Å². The summed E-state index contributed by atoms with van der Waals surface area (Å²) in [5, 5.41) is 9.85. The molecule has 1 heterocycles. The molecule has 0 saturated heterocycles. The number of aliphatic hydroxyl groups excluding tert-OH is 1. The summed E-state index contributed by atoms with van der Waals surface area (Å²) in [6.45, 7) is 0. The van der Waals surface area contributed by atoms with Crippen LogP contribution in [0.5, 0.6) is 0 Å². The maximum atomic E-state index is 13.4. The molecule has 0 bridgehead atoms. The number of rotatable bonds is 2. The lowest BCUT2D eigenvalue weighted by molar-refractivity contribution is 0.200. The van der Waals surface area contributed by atoms with Crippen molar-refractivity contribution in [3.8, 4) is 0 Å². The van der Waals surface area contributed by atoms with Gasteiger partial charge in [-0.25, -0.2) is 18.2 Å². The van der Waals surface area contributed by atoms with Gasteiger partial charge in [-0.05, 0) is 6.07 Å². The summed E-state index contributed by atoms with van der Waals surface area (Å²) in [7, 11) is 1.60. The number of imidazole rings is 1. The summed E-state index contributed by atoms with van der Waals surface area (Å²) in [6.07, 6.45) is 1.53. The van der Waals surface area contributed by atoms with Crippen LogP contribution in [0.2, 0.25) is 0 Å². The van der Waals surface area contributed by atoms with Gasteiger partial charge in [0.1, 0.15) is 17.7 Å². The smallest absolute Gasteiger partial charge is 0.161 e. The maximum Gasteiger partial charge on any atom is 0.161 e. The van der Waals surface area contributed by atoms with E-state index >= 15 is 0 Å². The predicted molar refractivity (Wildman–Crippen MR) is 53.6 cm³/mol. The van der Waals surface area contributed by atoms with Crippen LogP contribution in [-0.4, -0.2) is 14.7 Å². The highest BCUT2D eigenvalue weighted by Gasteiger charge is 2.21. The van der Waals surface area contributed by atoms with Gasteiger partial charge in [-0.15, -0.1) is 0 Å². The molecule has 2 aromatic rings. The van der Waals surface area contributed by atoms with Gasteiger partial charge in [-0.2, -0.15) is 0 Å². The third-order valence-electron chi connectivity index (χ3n) is 2.44. The molecule has 0 fully saturated rings. The van der Waals surface area contributed by atoms with Crippen LogP contribution in [-0.2, 0) is 7.05 Å². The predicted octanol–water partition coefficient (Wildman–Crippen LogP) is 1.92. The van der Waals surface area contributed by atoms with Crippen LogP contribution in [0.25, 0.3) is 0 Å². The minimum Gasteiger partial charge on any atom is -0.380 e. The third-order valence-corrected chi connectivity index (χ3v) is 2.44. The van der Waals surface area contributed by atoms with Crippen LogP contribution in [0.15, 0.2) is 24.5 Å². The van der Waals surface area contributed by atoms with Crippen LogP contribution in [0.4, 0.5) is 13.2 Å². The van der Waals surface area contributed by atoms with Crippen LogP contribution in [0, 0.1) is 17.5 Å². The zero-order chi connectivity index (χ0) is 12.6. The molecule has 17 heavy (non-hydrogen) atoms. The molecule has 1 aromatic carbocycles. The Labute approximate surface area is 95.1 Å². The summed E-state index contributed by atoms with van der Waals surface area (Å²) < 4.78 is 40.6. The number of hydrogen-bond acceptors (Lipinski definition) is 2. The standard InChI is InChI=1S/C11H9F3N2O/c1-16-3-2-15-11(16)10(17)6-4-8(13)9(14)5-7(6)12/h2-5,10,17H,1H3. The number of benzene rings is 1. The summed E-state index contributed by atoms with van der Waals surface area (Å²) >= 11 is 0. The van der Waals surface area contributed by atoms with Crippen LogP contribution < -0.4 is 0 Å². The molecule has 0 aliphatic rings. The van der Waals surface area contributed by atoms with Gasteiger partial charge in [0.05, 0.1) is 0 Å². The van der Waals surface area contributed by atoms with Crippen molar-refractivity contribution in [3.05, 3.63) is 53.4 Å². The van der Waals surface area contributed by atoms with Crippen molar-refractivity contribution in [1.29, 1.82) is 0 Å². The van der Waals surface area contributed by atoms with Crippen molar-refractivity contribution in [3.63, 3.8) is 0 Å². The van der Waals surface area contributed by atoms with E-state index in [1.165, 1.54) is 10.8 Å². The van der Waals surface area contributed by atoms with Gasteiger partial charge in [0, 0.05) is 31.1 Å². The van der Waals surface area contributed by atoms with E-state index in [2.05, 4.69) is 4.98 Å². The first-order valence-corrected chi connectivity index (χ1v) is 4.80. The van der Waals surface area contributed by atoms with E-state index < -0.39 is 23.6 Å². The normalized spacial score (nSPS) is 12.8. The lowest BCUT2D eigenvalue weighted by atomic mass is 10.1. The molecule has 6 heteroatoms. The number of halogens is 3. The minimum absolute atomic E-state index is 0.148. The molecular weight excluding hydrogens is 233 g/mol. The largest absolute Gasteiger partial charge is 0.380 e. The van der Waals surface area contributed by atoms with E-state index in [0.29, 0.717) is 12.1 Å². The highest BCUT2D eigenvalue weighted by atomic mass is 19.2. The van der Waals surface area contributed by atoms with Crippen LogP contribution in [0.1, 0.15) is 17.5 Å². The molecule has 0 saturated carbocycles. The van der Waals surface area contributed by atoms with E-state index in [-0.39, 0.29) is 11.4 Å². The topological polar surface area (TPSA) is 38.0 Å². The Morgan fingerprint density at radius 2 is 1.82 bits per heavy atom. The number of nitrogens with zero attached hydrogens (tertiary/aromatic N) is 2. The van der Waals surface area contributed by atoms with Crippen LogP contribution in [0.3, 0.4) is 0 Å². The molecule has 3 nitrogen and oxygen atoms in total. The second-order valence-electron chi connectivity index (χ2n) is 3.59. The Bertz CT molecular complexity index is 554. The number of aliphatic hydroxyl groups is 1. The highest BCUT2D eigenvalue weighted by Crippen LogP contribution is 2.24. The average molecular weight is 242 g/mol. The quantitative estimate of drug-likeness (QED) is 0.817. The first-order valence-electron chi connectivity index (χ1n) is 4.80. The SMILES string of the molecule is Cn1ccnc1C(O)c1cc(F)c(F)cc1F. The van der Waals surface area contributed by atoms with E-state index in [9.17, 15) is 18.3 Å². The van der Waals surface area contributed by atoms with Crippen LogP contribution >= 0.6 is 0 Å². The molecule has 1 unspecified atom stereocenters. The zero-order valence-corrected chi connectivity index (χ0v) is 8.86. The van der Waals surface area contributed by atoms with E-state index in [4.69, 9.17) is 0 Å². The molecule has 1 aromatic heterocycles. The first-order chi connectivity index (χ1) is 8.00. The summed E-state index contributed by atoms with van der Waals surface area (Å²) in [5.74, 6) is -3.37. The van der Waals surface area contributed by atoms with Crippen molar-refractivity contribution in [2.24, 2.45) is 7.05 Å². The monoisotopic (exact) mass is 242 g/mol. The fraction of sp³-hybridized carbons (Fsp3) is 0.182. The van der Waals surface area contributed by atoms with E-state index in [1.807, 2.05) is 0 Å². The summed E-state index contributed by atoms with van der Waals surface area (Å²) in [5.41, 5.74) is -0.349. The van der Waals surface area contributed by atoms with E-state index in [0.717, 1.165) is 0 Å². The second-order valence-corrected chi connectivity index (χ2v) is 3.59. The number of aromatic nitrogens is 2. The Balaban J connectivity index is 2.48. The molecule has 2 rings (SSSR count). The lowest BCUT2D eigenvalue weighted by Crippen LogP contribution is -2.09. The second kappa shape index (κ2) is 4.21. The molecule has 90 valence electrons. The van der Waals surface area contributed by atoms with Gasteiger partial charge in [0.25, 0.3) is 0 Å². The Morgan fingerprint density at radius 1 is 1.18 bits per heavy atom. The van der Waals surface area contributed by atoms with Gasteiger partial charge in [0.15, 0.2) is 11.6 Å². The average Bonchev–Trinajstić information content (AvgIpc) is 2.69. The van der Waals surface area contributed by atoms with Crippen molar-refractivity contribution < 1.29 is 18.3 Å². The Hall–Kier alpha value is -1.82. The van der Waals surface area contributed by atoms with Gasteiger partial charge in [0.2, 0.25) is 0 Å². The van der Waals surface area contributed by atoms with Crippen molar-refractivity contribution in [2.75, 3.05) is 0 Å².